The van der Waals surface area contributed by atoms with Crippen molar-refractivity contribution < 1.29 is 19.4 Å². The molecule has 1 aliphatic heterocycles. The van der Waals surface area contributed by atoms with Gasteiger partial charge in [0.05, 0.1) is 17.9 Å². The summed E-state index contributed by atoms with van der Waals surface area (Å²) in [6.45, 7) is 7.97. The van der Waals surface area contributed by atoms with E-state index in [9.17, 15) is 19.4 Å². The van der Waals surface area contributed by atoms with Crippen LogP contribution < -0.4 is 10.6 Å². The number of carbonyl (C=O) groups is 1. The molecule has 1 amide bonds. The third-order valence-electron chi connectivity index (χ3n) is 5.85. The molecule has 0 aliphatic carbocycles. The van der Waals surface area contributed by atoms with Gasteiger partial charge in [-0.15, -0.1) is 0 Å². The first kappa shape index (κ1) is 20.0. The summed E-state index contributed by atoms with van der Waals surface area (Å²) in [6.07, 6.45) is 0. The second kappa shape index (κ2) is 6.90. The van der Waals surface area contributed by atoms with Crippen molar-refractivity contribution in [2.24, 2.45) is 0 Å². The van der Waals surface area contributed by atoms with Crippen LogP contribution in [-0.2, 0) is 10.2 Å². The Morgan fingerprint density at radius 2 is 1.80 bits per heavy atom. The van der Waals surface area contributed by atoms with Crippen LogP contribution in [0.3, 0.4) is 0 Å². The van der Waals surface area contributed by atoms with E-state index in [0.717, 1.165) is 16.5 Å². The molecule has 0 spiro atoms. The van der Waals surface area contributed by atoms with Gasteiger partial charge in [-0.1, -0.05) is 33.8 Å². The molecule has 0 atom stereocenters. The summed E-state index contributed by atoms with van der Waals surface area (Å²) in [7, 11) is 0. The van der Waals surface area contributed by atoms with Gasteiger partial charge in [-0.3, -0.25) is 4.79 Å². The van der Waals surface area contributed by atoms with E-state index in [2.05, 4.69) is 10.6 Å². The second-order valence-corrected chi connectivity index (χ2v) is 8.65. The number of hydrogen-bond donors (Lipinski definition) is 4. The fourth-order valence-corrected chi connectivity index (χ4v) is 4.42. The number of benzene rings is 3. The van der Waals surface area contributed by atoms with Crippen molar-refractivity contribution in [1.82, 2.24) is 0 Å². The van der Waals surface area contributed by atoms with Crippen molar-refractivity contribution in [3.8, 4) is 11.5 Å². The zero-order valence-corrected chi connectivity index (χ0v) is 17.4. The Labute approximate surface area is 174 Å². The zero-order valence-electron chi connectivity index (χ0n) is 17.4. The number of hydrogen-bond acceptors (Lipinski definition) is 4. The van der Waals surface area contributed by atoms with Gasteiger partial charge in [0.2, 0.25) is 5.91 Å². The Morgan fingerprint density at radius 3 is 2.50 bits per heavy atom. The summed E-state index contributed by atoms with van der Waals surface area (Å²) < 4.78 is 13.8. The molecule has 3 aromatic rings. The molecule has 0 unspecified atom stereocenters. The molecule has 1 heterocycles. The molecular weight excluding hydrogens is 383 g/mol. The maximum Gasteiger partial charge on any atom is 0.243 e. The number of phenols is 2. The topological polar surface area (TPSA) is 81.6 Å². The highest BCUT2D eigenvalue weighted by molar-refractivity contribution is 6.03. The van der Waals surface area contributed by atoms with Crippen LogP contribution in [0.15, 0.2) is 36.4 Å². The Balaban J connectivity index is 2.02. The molecule has 6 heteroatoms. The van der Waals surface area contributed by atoms with Crippen molar-refractivity contribution in [3.63, 3.8) is 0 Å². The van der Waals surface area contributed by atoms with Gasteiger partial charge in [0, 0.05) is 11.0 Å². The Bertz CT molecular complexity index is 1180. The van der Waals surface area contributed by atoms with E-state index >= 15 is 0 Å². The molecule has 4 rings (SSSR count). The monoisotopic (exact) mass is 408 g/mol. The van der Waals surface area contributed by atoms with Crippen molar-refractivity contribution in [2.75, 3.05) is 17.2 Å². The van der Waals surface area contributed by atoms with Gasteiger partial charge in [-0.05, 0) is 58.1 Å². The molecule has 1 aliphatic rings. The fourth-order valence-electron chi connectivity index (χ4n) is 4.42. The smallest absolute Gasteiger partial charge is 0.243 e. The molecule has 3 aromatic carbocycles. The fraction of sp³-hybridized carbons (Fsp3) is 0.292. The summed E-state index contributed by atoms with van der Waals surface area (Å²) in [5, 5.41) is 28.9. The van der Waals surface area contributed by atoms with Crippen LogP contribution in [0.5, 0.6) is 11.5 Å². The number of fused-ring (bicyclic) bond motifs is 2. The molecule has 30 heavy (non-hydrogen) atoms. The van der Waals surface area contributed by atoms with Crippen LogP contribution in [0.2, 0.25) is 0 Å². The number of nitrogens with one attached hydrogen (secondary N) is 2. The van der Waals surface area contributed by atoms with E-state index in [4.69, 9.17) is 0 Å². The van der Waals surface area contributed by atoms with Crippen LogP contribution in [-0.4, -0.2) is 22.7 Å². The third-order valence-corrected chi connectivity index (χ3v) is 5.85. The maximum atomic E-state index is 13.8. The Kier molecular flexibility index (Phi) is 4.60. The lowest BCUT2D eigenvalue weighted by atomic mass is 9.73. The van der Waals surface area contributed by atoms with Crippen LogP contribution in [0.25, 0.3) is 10.8 Å². The van der Waals surface area contributed by atoms with Gasteiger partial charge < -0.3 is 20.8 Å². The van der Waals surface area contributed by atoms with Crippen molar-refractivity contribution in [1.29, 1.82) is 0 Å². The summed E-state index contributed by atoms with van der Waals surface area (Å²) in [5.74, 6) is -0.319. The first-order valence-corrected chi connectivity index (χ1v) is 9.96. The van der Waals surface area contributed by atoms with Gasteiger partial charge in [0.15, 0.2) is 0 Å². The quantitative estimate of drug-likeness (QED) is 0.449. The molecular formula is C24H25FN2O3. The number of halogens is 1. The largest absolute Gasteiger partial charge is 0.508 e. The van der Waals surface area contributed by atoms with Crippen molar-refractivity contribution in [3.05, 3.63) is 58.9 Å². The first-order valence-electron chi connectivity index (χ1n) is 9.96. The minimum atomic E-state index is -0.770. The van der Waals surface area contributed by atoms with E-state index in [1.165, 1.54) is 18.2 Å². The number of phenolic OH excluding ortho intramolecular Hbond substituents is 2. The van der Waals surface area contributed by atoms with E-state index in [-0.39, 0.29) is 35.7 Å². The summed E-state index contributed by atoms with van der Waals surface area (Å²) in [4.78, 5) is 12.1. The van der Waals surface area contributed by atoms with Gasteiger partial charge in [-0.25, -0.2) is 4.39 Å². The lowest BCUT2D eigenvalue weighted by molar-refractivity contribution is -0.114. The van der Waals surface area contributed by atoms with E-state index in [1.807, 2.05) is 27.7 Å². The van der Waals surface area contributed by atoms with Crippen LogP contribution in [0, 0.1) is 5.82 Å². The summed E-state index contributed by atoms with van der Waals surface area (Å²) in [6, 6.07) is 9.30. The predicted molar refractivity (Wildman–Crippen MR) is 117 cm³/mol. The van der Waals surface area contributed by atoms with Crippen LogP contribution in [0.4, 0.5) is 15.8 Å². The molecule has 0 saturated heterocycles. The Hall–Kier alpha value is -3.28. The highest BCUT2D eigenvalue weighted by Crippen LogP contribution is 2.50. The average molecular weight is 408 g/mol. The summed E-state index contributed by atoms with van der Waals surface area (Å²) >= 11 is 0. The lowest BCUT2D eigenvalue weighted by Gasteiger charge is -2.34. The summed E-state index contributed by atoms with van der Waals surface area (Å²) in [5.41, 5.74) is 2.75. The highest BCUT2D eigenvalue weighted by atomic mass is 19.1. The van der Waals surface area contributed by atoms with Crippen LogP contribution >= 0.6 is 0 Å². The molecule has 0 saturated carbocycles. The molecule has 0 bridgehead atoms. The molecule has 0 aromatic heterocycles. The Morgan fingerprint density at radius 1 is 1.07 bits per heavy atom. The van der Waals surface area contributed by atoms with Gasteiger partial charge in [-0.2, -0.15) is 0 Å². The van der Waals surface area contributed by atoms with E-state index < -0.39 is 5.41 Å². The maximum absolute atomic E-state index is 13.8. The normalized spacial score (nSPS) is 13.9. The number of aromatic hydroxyl groups is 2. The van der Waals surface area contributed by atoms with E-state index in [1.54, 1.807) is 18.2 Å². The van der Waals surface area contributed by atoms with Gasteiger partial charge in [0.1, 0.15) is 17.3 Å². The molecule has 0 radical (unpaired) electrons. The number of anilines is 2. The SMILES string of the molecule is CC(C)c1cc(O)c(C(C)(C)c2cc(O)cc3cc(F)ccc23)c2c1NC(=O)CN2. The van der Waals surface area contributed by atoms with Gasteiger partial charge in [0.25, 0.3) is 0 Å². The minimum Gasteiger partial charge on any atom is -0.508 e. The highest BCUT2D eigenvalue weighted by Gasteiger charge is 2.35. The predicted octanol–water partition coefficient (Wildman–Crippen LogP) is 5.20. The van der Waals surface area contributed by atoms with Crippen LogP contribution in [0.1, 0.15) is 50.3 Å². The number of carbonyl (C=O) groups excluding carboxylic acids is 1. The second-order valence-electron chi connectivity index (χ2n) is 8.65. The molecule has 0 fully saturated rings. The third kappa shape index (κ3) is 3.12. The first-order chi connectivity index (χ1) is 14.1. The zero-order chi connectivity index (χ0) is 21.8. The minimum absolute atomic E-state index is 0.0181. The molecule has 5 nitrogen and oxygen atoms in total. The van der Waals surface area contributed by atoms with Gasteiger partial charge >= 0.3 is 0 Å². The molecule has 156 valence electrons. The standard InChI is InChI=1S/C24H25FN2O3/c1-12(2)17-10-19(29)21(23-22(17)27-20(30)11-26-23)24(3,4)18-9-15(28)8-13-7-14(25)5-6-16(13)18/h5-10,12,26,28-29H,11H2,1-4H3,(H,27,30). The van der Waals surface area contributed by atoms with E-state index in [0.29, 0.717) is 22.3 Å². The van der Waals surface area contributed by atoms with Crippen molar-refractivity contribution >= 4 is 28.1 Å². The average Bonchev–Trinajstić information content (AvgIpc) is 2.66. The molecule has 4 N–H and O–H groups in total. The number of amides is 1. The van der Waals surface area contributed by atoms with Crippen molar-refractivity contribution in [2.45, 2.75) is 39.0 Å². The lowest BCUT2D eigenvalue weighted by Crippen LogP contribution is -2.32. The number of rotatable bonds is 3.